The van der Waals surface area contributed by atoms with Crippen molar-refractivity contribution in [1.29, 1.82) is 5.26 Å². The number of rotatable bonds is 2. The van der Waals surface area contributed by atoms with Crippen LogP contribution in [0.4, 0.5) is 0 Å². The minimum atomic E-state index is 0.148. The summed E-state index contributed by atoms with van der Waals surface area (Å²) in [5.41, 5.74) is 1.56. The van der Waals surface area contributed by atoms with Gasteiger partial charge in [0.1, 0.15) is 6.54 Å². The van der Waals surface area contributed by atoms with Gasteiger partial charge in [0.25, 0.3) is 0 Å². The Labute approximate surface area is 102 Å². The Kier molecular flexibility index (Phi) is 3.09. The Balaban J connectivity index is 2.47. The van der Waals surface area contributed by atoms with Crippen LogP contribution in [0, 0.1) is 11.3 Å². The SMILES string of the molecule is N#CCn1nncc1-c1ccc(Cl)c(Cl)c1. The fourth-order valence-corrected chi connectivity index (χ4v) is 1.62. The number of hydrogen-bond donors (Lipinski definition) is 0. The first-order valence-corrected chi connectivity index (χ1v) is 5.19. The van der Waals surface area contributed by atoms with Gasteiger partial charge in [0, 0.05) is 5.56 Å². The highest BCUT2D eigenvalue weighted by atomic mass is 35.5. The Morgan fingerprint density at radius 3 is 2.81 bits per heavy atom. The van der Waals surface area contributed by atoms with E-state index in [-0.39, 0.29) is 6.54 Å². The van der Waals surface area contributed by atoms with Gasteiger partial charge in [0.05, 0.1) is 28.0 Å². The summed E-state index contributed by atoms with van der Waals surface area (Å²) in [5.74, 6) is 0. The molecule has 0 unspecified atom stereocenters. The smallest absolute Gasteiger partial charge is 0.130 e. The molecule has 1 aromatic heterocycles. The lowest BCUT2D eigenvalue weighted by molar-refractivity contribution is 0.674. The molecule has 6 heteroatoms. The van der Waals surface area contributed by atoms with E-state index < -0.39 is 0 Å². The molecular formula is C10H6Cl2N4. The van der Waals surface area contributed by atoms with E-state index in [1.54, 1.807) is 24.4 Å². The van der Waals surface area contributed by atoms with E-state index in [0.29, 0.717) is 10.0 Å². The summed E-state index contributed by atoms with van der Waals surface area (Å²) in [7, 11) is 0. The average Bonchev–Trinajstić information content (AvgIpc) is 2.71. The van der Waals surface area contributed by atoms with Gasteiger partial charge >= 0.3 is 0 Å². The highest BCUT2D eigenvalue weighted by Gasteiger charge is 2.08. The first-order chi connectivity index (χ1) is 7.72. The minimum Gasteiger partial charge on any atom is -0.231 e. The predicted octanol–water partition coefficient (Wildman–Crippen LogP) is 2.78. The van der Waals surface area contributed by atoms with Crippen molar-refractivity contribution in [3.05, 3.63) is 34.4 Å². The number of aromatic nitrogens is 3. The van der Waals surface area contributed by atoms with Crippen LogP contribution in [0.25, 0.3) is 11.3 Å². The number of halogens is 2. The molecule has 0 fully saturated rings. The monoisotopic (exact) mass is 252 g/mol. The van der Waals surface area contributed by atoms with Crippen molar-refractivity contribution in [1.82, 2.24) is 15.0 Å². The number of nitriles is 1. The van der Waals surface area contributed by atoms with E-state index in [0.717, 1.165) is 11.3 Å². The van der Waals surface area contributed by atoms with E-state index in [2.05, 4.69) is 10.3 Å². The molecule has 0 amide bonds. The first-order valence-electron chi connectivity index (χ1n) is 4.43. The highest BCUT2D eigenvalue weighted by molar-refractivity contribution is 6.42. The van der Waals surface area contributed by atoms with E-state index in [1.165, 1.54) is 4.68 Å². The average molecular weight is 253 g/mol. The fraction of sp³-hybridized carbons (Fsp3) is 0.100. The van der Waals surface area contributed by atoms with Gasteiger partial charge in [0.2, 0.25) is 0 Å². The minimum absolute atomic E-state index is 0.148. The van der Waals surface area contributed by atoms with Crippen molar-refractivity contribution in [3.8, 4) is 17.3 Å². The molecular weight excluding hydrogens is 247 g/mol. The van der Waals surface area contributed by atoms with Gasteiger partial charge in [-0.15, -0.1) is 5.10 Å². The quantitative estimate of drug-likeness (QED) is 0.826. The van der Waals surface area contributed by atoms with Gasteiger partial charge in [0.15, 0.2) is 0 Å². The van der Waals surface area contributed by atoms with Crippen LogP contribution in [0.15, 0.2) is 24.4 Å². The molecule has 0 saturated heterocycles. The molecule has 0 radical (unpaired) electrons. The third kappa shape index (κ3) is 2.01. The Hall–Kier alpha value is -1.57. The van der Waals surface area contributed by atoms with Crippen LogP contribution in [0.2, 0.25) is 10.0 Å². The maximum Gasteiger partial charge on any atom is 0.130 e. The molecule has 80 valence electrons. The van der Waals surface area contributed by atoms with E-state index in [9.17, 15) is 0 Å². The molecule has 4 nitrogen and oxygen atoms in total. The molecule has 0 spiro atoms. The van der Waals surface area contributed by atoms with Gasteiger partial charge in [-0.05, 0) is 12.1 Å². The van der Waals surface area contributed by atoms with Gasteiger partial charge < -0.3 is 0 Å². The third-order valence-corrected chi connectivity index (χ3v) is 2.79. The maximum absolute atomic E-state index is 8.62. The summed E-state index contributed by atoms with van der Waals surface area (Å²) in [5, 5.41) is 17.1. The van der Waals surface area contributed by atoms with Crippen molar-refractivity contribution < 1.29 is 0 Å². The van der Waals surface area contributed by atoms with Crippen LogP contribution in [0.3, 0.4) is 0 Å². The summed E-state index contributed by atoms with van der Waals surface area (Å²) in [6.45, 7) is 0.148. The zero-order chi connectivity index (χ0) is 11.5. The molecule has 0 saturated carbocycles. The van der Waals surface area contributed by atoms with Crippen LogP contribution in [-0.4, -0.2) is 15.0 Å². The van der Waals surface area contributed by atoms with E-state index in [4.69, 9.17) is 28.5 Å². The van der Waals surface area contributed by atoms with Crippen molar-refractivity contribution in [2.75, 3.05) is 0 Å². The van der Waals surface area contributed by atoms with Crippen molar-refractivity contribution in [2.45, 2.75) is 6.54 Å². The number of nitrogens with zero attached hydrogens (tertiary/aromatic N) is 4. The van der Waals surface area contributed by atoms with Crippen molar-refractivity contribution in [2.24, 2.45) is 0 Å². The molecule has 0 atom stereocenters. The maximum atomic E-state index is 8.62. The normalized spacial score (nSPS) is 10.1. The van der Waals surface area contributed by atoms with Crippen molar-refractivity contribution >= 4 is 23.2 Å². The topological polar surface area (TPSA) is 54.5 Å². The molecule has 1 heterocycles. The van der Waals surface area contributed by atoms with Crippen LogP contribution in [0.5, 0.6) is 0 Å². The molecule has 16 heavy (non-hydrogen) atoms. The molecule has 0 aliphatic carbocycles. The van der Waals surface area contributed by atoms with Crippen LogP contribution >= 0.6 is 23.2 Å². The zero-order valence-corrected chi connectivity index (χ0v) is 9.57. The predicted molar refractivity (Wildman–Crippen MR) is 61.1 cm³/mol. The Morgan fingerprint density at radius 2 is 2.12 bits per heavy atom. The van der Waals surface area contributed by atoms with Crippen LogP contribution in [-0.2, 0) is 6.54 Å². The van der Waals surface area contributed by atoms with Crippen molar-refractivity contribution in [3.63, 3.8) is 0 Å². The molecule has 0 aliphatic rings. The first kappa shape index (κ1) is 10.9. The Bertz CT molecular complexity index is 556. The Morgan fingerprint density at radius 1 is 1.31 bits per heavy atom. The second kappa shape index (κ2) is 4.52. The van der Waals surface area contributed by atoms with E-state index >= 15 is 0 Å². The zero-order valence-electron chi connectivity index (χ0n) is 8.06. The molecule has 2 aromatic rings. The van der Waals surface area contributed by atoms with Gasteiger partial charge in [-0.25, -0.2) is 4.68 Å². The van der Waals surface area contributed by atoms with E-state index in [1.807, 2.05) is 6.07 Å². The summed E-state index contributed by atoms with van der Waals surface area (Å²) < 4.78 is 1.50. The second-order valence-electron chi connectivity index (χ2n) is 3.06. The highest BCUT2D eigenvalue weighted by Crippen LogP contribution is 2.27. The molecule has 0 aliphatic heterocycles. The van der Waals surface area contributed by atoms with Crippen LogP contribution in [0.1, 0.15) is 0 Å². The van der Waals surface area contributed by atoms with Gasteiger partial charge in [-0.3, -0.25) is 0 Å². The number of benzene rings is 1. The molecule has 1 aromatic carbocycles. The molecule has 2 rings (SSSR count). The second-order valence-corrected chi connectivity index (χ2v) is 3.88. The molecule has 0 N–H and O–H groups in total. The number of hydrogen-bond acceptors (Lipinski definition) is 3. The lowest BCUT2D eigenvalue weighted by atomic mass is 10.2. The lowest BCUT2D eigenvalue weighted by Gasteiger charge is -2.03. The summed E-state index contributed by atoms with van der Waals surface area (Å²) in [4.78, 5) is 0. The summed E-state index contributed by atoms with van der Waals surface area (Å²) in [6.07, 6.45) is 1.58. The standard InChI is InChI=1S/C10H6Cl2N4/c11-8-2-1-7(5-9(8)12)10-6-14-15-16(10)4-3-13/h1-2,5-6H,4H2. The van der Waals surface area contributed by atoms with Crippen LogP contribution < -0.4 is 0 Å². The summed E-state index contributed by atoms with van der Waals surface area (Å²) in [6, 6.07) is 7.23. The molecule has 0 bridgehead atoms. The third-order valence-electron chi connectivity index (χ3n) is 2.05. The van der Waals surface area contributed by atoms with Gasteiger partial charge in [-0.2, -0.15) is 5.26 Å². The van der Waals surface area contributed by atoms with Gasteiger partial charge in [-0.1, -0.05) is 34.5 Å². The lowest BCUT2D eigenvalue weighted by Crippen LogP contribution is -2.00. The largest absolute Gasteiger partial charge is 0.231 e. The fourth-order valence-electron chi connectivity index (χ4n) is 1.32. The summed E-state index contributed by atoms with van der Waals surface area (Å²) >= 11 is 11.7.